The Labute approximate surface area is 66.4 Å². The summed E-state index contributed by atoms with van der Waals surface area (Å²) in [7, 11) is 0. The fraction of sp³-hybridized carbons (Fsp3) is 0.571. The average molecular weight is 157 g/mol. The first-order valence-corrected chi connectivity index (χ1v) is 3.94. The molecule has 0 unspecified atom stereocenters. The van der Waals surface area contributed by atoms with E-state index in [-0.39, 0.29) is 0 Å². The van der Waals surface area contributed by atoms with Crippen molar-refractivity contribution in [3.8, 4) is 0 Å². The van der Waals surface area contributed by atoms with Crippen molar-refractivity contribution in [3.63, 3.8) is 0 Å². The highest BCUT2D eigenvalue weighted by Gasteiger charge is 1.97. The molecule has 1 aliphatic rings. The van der Waals surface area contributed by atoms with Gasteiger partial charge in [0.2, 0.25) is 0 Å². The zero-order chi connectivity index (χ0) is 7.23. The Balaban J connectivity index is 2.08. The summed E-state index contributed by atoms with van der Waals surface area (Å²) in [6.07, 6.45) is 4.98. The second-order valence-electron chi connectivity index (χ2n) is 2.06. The number of thiol groups is 1. The summed E-state index contributed by atoms with van der Waals surface area (Å²) in [5.41, 5.74) is 1.28. The zero-order valence-electron chi connectivity index (χ0n) is 5.79. The van der Waals surface area contributed by atoms with Crippen LogP contribution in [0.4, 0.5) is 0 Å². The molecule has 0 atom stereocenters. The molecule has 1 aliphatic heterocycles. The quantitative estimate of drug-likeness (QED) is 0.370. The Kier molecular flexibility index (Phi) is 3.54. The molecule has 3 heteroatoms. The van der Waals surface area contributed by atoms with E-state index in [1.807, 2.05) is 6.21 Å². The number of ether oxygens (including phenoxy) is 1. The molecule has 0 saturated carbocycles. The van der Waals surface area contributed by atoms with Crippen LogP contribution in [0.1, 0.15) is 6.42 Å². The first-order valence-electron chi connectivity index (χ1n) is 3.31. The minimum Gasteiger partial charge on any atom is -0.371 e. The van der Waals surface area contributed by atoms with Gasteiger partial charge in [-0.25, -0.2) is 0 Å². The summed E-state index contributed by atoms with van der Waals surface area (Å²) < 4.78 is 5.06. The lowest BCUT2D eigenvalue weighted by atomic mass is 10.2. The lowest BCUT2D eigenvalue weighted by molar-refractivity contribution is 0.188. The number of hydrogen-bond acceptors (Lipinski definition) is 3. The van der Waals surface area contributed by atoms with Crippen LogP contribution in [0.25, 0.3) is 0 Å². The van der Waals surface area contributed by atoms with Crippen molar-refractivity contribution in [2.24, 2.45) is 4.99 Å². The predicted octanol–water partition coefficient (Wildman–Crippen LogP) is 1.29. The molecule has 0 radical (unpaired) electrons. The molecule has 0 saturated heterocycles. The fourth-order valence-corrected chi connectivity index (χ4v) is 0.943. The fourth-order valence-electron chi connectivity index (χ4n) is 0.814. The van der Waals surface area contributed by atoms with E-state index in [2.05, 4.69) is 23.7 Å². The molecule has 1 heterocycles. The van der Waals surface area contributed by atoms with Gasteiger partial charge in [0.25, 0.3) is 0 Å². The first kappa shape index (κ1) is 7.82. The number of hydrogen-bond donors (Lipinski definition) is 1. The Morgan fingerprint density at radius 3 is 3.20 bits per heavy atom. The van der Waals surface area contributed by atoms with Gasteiger partial charge in [0, 0.05) is 6.21 Å². The third-order valence-corrected chi connectivity index (χ3v) is 1.52. The number of rotatable bonds is 4. The Morgan fingerprint density at radius 2 is 2.60 bits per heavy atom. The van der Waals surface area contributed by atoms with Crippen LogP contribution in [0.2, 0.25) is 0 Å². The van der Waals surface area contributed by atoms with E-state index in [0.717, 1.165) is 19.6 Å². The molecule has 2 nitrogen and oxygen atoms in total. The van der Waals surface area contributed by atoms with Gasteiger partial charge < -0.3 is 4.74 Å². The lowest BCUT2D eigenvalue weighted by Gasteiger charge is -1.97. The molecule has 0 fully saturated rings. The molecule has 0 aliphatic carbocycles. The van der Waals surface area contributed by atoms with Crippen LogP contribution in [0, 0.1) is 0 Å². The van der Waals surface area contributed by atoms with Gasteiger partial charge in [-0.3, -0.25) is 4.99 Å². The smallest absolute Gasteiger partial charge is 0.0892 e. The summed E-state index contributed by atoms with van der Waals surface area (Å²) in [6.45, 7) is 1.59. The maximum Gasteiger partial charge on any atom is 0.0892 e. The average Bonchev–Trinajstić information content (AvgIpc) is 2.41. The van der Waals surface area contributed by atoms with E-state index in [4.69, 9.17) is 4.74 Å². The van der Waals surface area contributed by atoms with Gasteiger partial charge in [-0.15, -0.1) is 0 Å². The van der Waals surface area contributed by atoms with Gasteiger partial charge >= 0.3 is 0 Å². The Hall–Kier alpha value is -0.280. The van der Waals surface area contributed by atoms with Crippen molar-refractivity contribution in [1.82, 2.24) is 0 Å². The third-order valence-electron chi connectivity index (χ3n) is 1.34. The van der Waals surface area contributed by atoms with E-state index >= 15 is 0 Å². The van der Waals surface area contributed by atoms with Crippen LogP contribution in [0.15, 0.2) is 16.6 Å². The van der Waals surface area contributed by atoms with Gasteiger partial charge in [-0.1, -0.05) is 6.08 Å². The van der Waals surface area contributed by atoms with Crippen LogP contribution >= 0.6 is 12.6 Å². The molecule has 0 bridgehead atoms. The van der Waals surface area contributed by atoms with Gasteiger partial charge in [0.1, 0.15) is 0 Å². The highest BCUT2D eigenvalue weighted by molar-refractivity contribution is 7.80. The van der Waals surface area contributed by atoms with E-state index in [0.29, 0.717) is 5.94 Å². The second kappa shape index (κ2) is 4.52. The van der Waals surface area contributed by atoms with Crippen molar-refractivity contribution in [1.29, 1.82) is 0 Å². The summed E-state index contributed by atoms with van der Waals surface area (Å²) in [6, 6.07) is 0. The Morgan fingerprint density at radius 1 is 1.70 bits per heavy atom. The maximum atomic E-state index is 5.06. The van der Waals surface area contributed by atoms with Crippen molar-refractivity contribution in [2.45, 2.75) is 6.42 Å². The predicted molar refractivity (Wildman–Crippen MR) is 45.9 cm³/mol. The molecule has 10 heavy (non-hydrogen) atoms. The van der Waals surface area contributed by atoms with Crippen molar-refractivity contribution in [2.75, 3.05) is 19.1 Å². The van der Waals surface area contributed by atoms with E-state index in [9.17, 15) is 0 Å². The van der Waals surface area contributed by atoms with Gasteiger partial charge in [-0.05, 0) is 12.0 Å². The number of nitrogens with zero attached hydrogens (tertiary/aromatic N) is 1. The lowest BCUT2D eigenvalue weighted by Crippen LogP contribution is -1.93. The zero-order valence-corrected chi connectivity index (χ0v) is 6.68. The summed E-state index contributed by atoms with van der Waals surface area (Å²) in [4.78, 5) is 4.05. The van der Waals surface area contributed by atoms with E-state index in [1.54, 1.807) is 0 Å². The minimum absolute atomic E-state index is 0.504. The highest BCUT2D eigenvalue weighted by atomic mass is 32.1. The topological polar surface area (TPSA) is 21.6 Å². The van der Waals surface area contributed by atoms with Gasteiger partial charge in [0.15, 0.2) is 0 Å². The summed E-state index contributed by atoms with van der Waals surface area (Å²) in [5.74, 6) is 0.504. The maximum absolute atomic E-state index is 5.06. The van der Waals surface area contributed by atoms with Crippen molar-refractivity contribution in [3.05, 3.63) is 11.6 Å². The van der Waals surface area contributed by atoms with Gasteiger partial charge in [-0.2, -0.15) is 12.6 Å². The van der Waals surface area contributed by atoms with Crippen LogP contribution < -0.4 is 0 Å². The summed E-state index contributed by atoms with van der Waals surface area (Å²) in [5, 5.41) is 0. The molecule has 56 valence electrons. The molecule has 0 N–H and O–H groups in total. The normalized spacial score (nSPS) is 15.9. The Bertz CT molecular complexity index is 154. The van der Waals surface area contributed by atoms with Crippen LogP contribution in [0.5, 0.6) is 0 Å². The second-order valence-corrected chi connectivity index (χ2v) is 2.32. The van der Waals surface area contributed by atoms with Gasteiger partial charge in [0.05, 0.1) is 19.1 Å². The molecule has 0 spiro atoms. The molecule has 0 aromatic carbocycles. The molecule has 0 aromatic rings. The third kappa shape index (κ3) is 2.54. The monoisotopic (exact) mass is 157 g/mol. The van der Waals surface area contributed by atoms with E-state index in [1.165, 1.54) is 5.57 Å². The van der Waals surface area contributed by atoms with E-state index < -0.39 is 0 Å². The number of aliphatic imine (C=N–C) groups is 1. The molecular weight excluding hydrogens is 146 g/mol. The van der Waals surface area contributed by atoms with Crippen LogP contribution in [-0.4, -0.2) is 25.3 Å². The van der Waals surface area contributed by atoms with Crippen LogP contribution in [-0.2, 0) is 4.74 Å². The van der Waals surface area contributed by atoms with Crippen molar-refractivity contribution >= 4 is 18.8 Å². The SMILES string of the molecule is SCOCCC1=CCN=C1. The first-order chi connectivity index (χ1) is 4.93. The minimum atomic E-state index is 0.504. The van der Waals surface area contributed by atoms with Crippen molar-refractivity contribution < 1.29 is 4.74 Å². The molecular formula is C7H11NOS. The standard InChI is InChI=1S/C7H11NOS/c10-6-9-4-2-7-1-3-8-5-7/h1,5,10H,2-4,6H2. The molecule has 0 aromatic heterocycles. The molecule has 0 amide bonds. The highest BCUT2D eigenvalue weighted by Crippen LogP contribution is 2.03. The largest absolute Gasteiger partial charge is 0.371 e. The summed E-state index contributed by atoms with van der Waals surface area (Å²) >= 11 is 3.92. The van der Waals surface area contributed by atoms with Crippen LogP contribution in [0.3, 0.4) is 0 Å². The molecule has 1 rings (SSSR count).